The van der Waals surface area contributed by atoms with Gasteiger partial charge in [-0.3, -0.25) is 10.1 Å². The summed E-state index contributed by atoms with van der Waals surface area (Å²) in [5.74, 6) is 0.585. The van der Waals surface area contributed by atoms with Crippen molar-refractivity contribution in [2.24, 2.45) is 0 Å². The molecule has 0 amide bonds. The molecule has 2 aromatic rings. The number of fused-ring (bicyclic) bond motifs is 1. The van der Waals surface area contributed by atoms with Crippen LogP contribution in [-0.4, -0.2) is 16.6 Å². The van der Waals surface area contributed by atoms with Crippen molar-refractivity contribution in [3.8, 4) is 11.5 Å². The second-order valence-corrected chi connectivity index (χ2v) is 5.45. The minimum absolute atomic E-state index is 0.0399. The second kappa shape index (κ2) is 6.16. The Morgan fingerprint density at radius 2 is 2.22 bits per heavy atom. The van der Waals surface area contributed by atoms with Gasteiger partial charge in [0.05, 0.1) is 17.6 Å². The van der Waals surface area contributed by atoms with E-state index in [4.69, 9.17) is 4.74 Å². The molecule has 1 atom stereocenters. The van der Waals surface area contributed by atoms with Gasteiger partial charge in [-0.2, -0.15) is 0 Å². The summed E-state index contributed by atoms with van der Waals surface area (Å²) in [6.45, 7) is 2.16. The largest absolute Gasteiger partial charge is 0.508 e. The van der Waals surface area contributed by atoms with Crippen molar-refractivity contribution in [1.29, 1.82) is 0 Å². The lowest BCUT2D eigenvalue weighted by Gasteiger charge is -2.16. The smallest absolute Gasteiger partial charge is 0.311 e. The van der Waals surface area contributed by atoms with Crippen molar-refractivity contribution in [2.45, 2.75) is 25.8 Å². The lowest BCUT2D eigenvalue weighted by atomic mass is 10.1. The molecule has 0 bridgehead atoms. The van der Waals surface area contributed by atoms with Crippen LogP contribution in [0.2, 0.25) is 0 Å². The van der Waals surface area contributed by atoms with E-state index in [1.54, 1.807) is 25.1 Å². The normalized spacial score (nSPS) is 16.0. The summed E-state index contributed by atoms with van der Waals surface area (Å²) < 4.78 is 5.37. The predicted molar refractivity (Wildman–Crippen MR) is 87.1 cm³/mol. The van der Waals surface area contributed by atoms with E-state index in [1.165, 1.54) is 6.07 Å². The molecule has 1 aliphatic rings. The Kier molecular flexibility index (Phi) is 4.06. The van der Waals surface area contributed by atoms with E-state index in [-0.39, 0.29) is 17.5 Å². The minimum atomic E-state index is -0.447. The fourth-order valence-corrected chi connectivity index (χ4v) is 3.01. The van der Waals surface area contributed by atoms with Crippen LogP contribution in [0.1, 0.15) is 30.5 Å². The Labute approximate surface area is 133 Å². The van der Waals surface area contributed by atoms with Gasteiger partial charge >= 0.3 is 5.69 Å². The molecule has 0 saturated carbocycles. The number of nitrogens with one attached hydrogen (secondary N) is 1. The van der Waals surface area contributed by atoms with Gasteiger partial charge in [-0.25, -0.2) is 0 Å². The Morgan fingerprint density at radius 1 is 1.39 bits per heavy atom. The molecule has 0 spiro atoms. The van der Waals surface area contributed by atoms with Gasteiger partial charge in [-0.1, -0.05) is 12.1 Å². The van der Waals surface area contributed by atoms with Crippen LogP contribution in [0.3, 0.4) is 0 Å². The zero-order valence-electron chi connectivity index (χ0n) is 12.8. The Bertz CT molecular complexity index is 745. The average Bonchev–Trinajstić information content (AvgIpc) is 2.92. The van der Waals surface area contributed by atoms with Gasteiger partial charge < -0.3 is 15.2 Å². The summed E-state index contributed by atoms with van der Waals surface area (Å²) in [4.78, 5) is 10.6. The highest BCUT2D eigenvalue weighted by Gasteiger charge is 2.25. The van der Waals surface area contributed by atoms with Crippen molar-refractivity contribution in [1.82, 2.24) is 0 Å². The molecule has 0 heterocycles. The zero-order valence-corrected chi connectivity index (χ0v) is 12.8. The monoisotopic (exact) mass is 314 g/mol. The molecule has 0 fully saturated rings. The Morgan fingerprint density at radius 3 is 2.96 bits per heavy atom. The van der Waals surface area contributed by atoms with Crippen molar-refractivity contribution < 1.29 is 14.8 Å². The summed E-state index contributed by atoms with van der Waals surface area (Å²) >= 11 is 0. The first kappa shape index (κ1) is 15.1. The molecule has 0 aliphatic heterocycles. The van der Waals surface area contributed by atoms with Gasteiger partial charge in [0.15, 0.2) is 5.75 Å². The lowest BCUT2D eigenvalue weighted by molar-refractivity contribution is -0.385. The van der Waals surface area contributed by atoms with E-state index >= 15 is 0 Å². The van der Waals surface area contributed by atoms with Crippen LogP contribution in [0.25, 0.3) is 0 Å². The molecular formula is C17H18N2O4. The third-order valence-electron chi connectivity index (χ3n) is 4.04. The second-order valence-electron chi connectivity index (χ2n) is 5.45. The first-order valence-electron chi connectivity index (χ1n) is 7.58. The summed E-state index contributed by atoms with van der Waals surface area (Å²) in [6.07, 6.45) is 1.68. The first-order valence-corrected chi connectivity index (χ1v) is 7.58. The fourth-order valence-electron chi connectivity index (χ4n) is 3.01. The number of hydrogen-bond donors (Lipinski definition) is 2. The van der Waals surface area contributed by atoms with Crippen molar-refractivity contribution in [3.63, 3.8) is 0 Å². The number of anilines is 1. The van der Waals surface area contributed by atoms with Crippen LogP contribution in [0.5, 0.6) is 11.5 Å². The summed E-state index contributed by atoms with van der Waals surface area (Å²) in [6, 6.07) is 10.4. The Balaban J connectivity index is 1.86. The van der Waals surface area contributed by atoms with Crippen LogP contribution >= 0.6 is 0 Å². The molecule has 120 valence electrons. The van der Waals surface area contributed by atoms with Gasteiger partial charge in [-0.15, -0.1) is 0 Å². The summed E-state index contributed by atoms with van der Waals surface area (Å²) in [7, 11) is 0. The maximum Gasteiger partial charge on any atom is 0.311 e. The number of rotatable bonds is 5. The molecule has 0 radical (unpaired) electrons. The number of phenols is 1. The van der Waals surface area contributed by atoms with Crippen LogP contribution in [0.4, 0.5) is 11.4 Å². The maximum absolute atomic E-state index is 11.0. The number of ether oxygens (including phenoxy) is 1. The van der Waals surface area contributed by atoms with E-state index in [0.29, 0.717) is 12.4 Å². The van der Waals surface area contributed by atoms with Gasteiger partial charge in [-0.05, 0) is 43.0 Å². The number of aromatic hydroxyl groups is 1. The molecule has 6 nitrogen and oxygen atoms in total. The molecular weight excluding hydrogens is 296 g/mol. The van der Waals surface area contributed by atoms with Crippen LogP contribution in [0, 0.1) is 10.1 Å². The van der Waals surface area contributed by atoms with Gasteiger partial charge in [0, 0.05) is 17.8 Å². The molecule has 6 heteroatoms. The van der Waals surface area contributed by atoms with E-state index < -0.39 is 4.92 Å². The number of phenolic OH excluding ortho intramolecular Hbond substituents is 1. The molecule has 2 N–H and O–H groups in total. The third kappa shape index (κ3) is 2.92. The number of hydrogen-bond acceptors (Lipinski definition) is 5. The van der Waals surface area contributed by atoms with E-state index in [2.05, 4.69) is 5.32 Å². The van der Waals surface area contributed by atoms with Crippen molar-refractivity contribution >= 4 is 11.4 Å². The third-order valence-corrected chi connectivity index (χ3v) is 4.04. The molecule has 1 aliphatic carbocycles. The standard InChI is InChI=1S/C17H18N2O4/c1-2-23-17-10-11(6-9-15(17)19(21)22)18-14-8-7-13-12(14)4-3-5-16(13)20/h3-6,9-10,14,18,20H,2,7-8H2,1H3. The van der Waals surface area contributed by atoms with Crippen LogP contribution < -0.4 is 10.1 Å². The molecule has 0 saturated heterocycles. The van der Waals surface area contributed by atoms with Crippen molar-refractivity contribution in [3.05, 3.63) is 57.6 Å². The van der Waals surface area contributed by atoms with Gasteiger partial charge in [0.1, 0.15) is 5.75 Å². The average molecular weight is 314 g/mol. The number of nitro groups is 1. The van der Waals surface area contributed by atoms with E-state index in [0.717, 1.165) is 29.7 Å². The number of nitro benzene ring substituents is 1. The van der Waals surface area contributed by atoms with Gasteiger partial charge in [0.2, 0.25) is 0 Å². The Hall–Kier alpha value is -2.76. The minimum Gasteiger partial charge on any atom is -0.508 e. The first-order chi connectivity index (χ1) is 11.1. The molecule has 3 rings (SSSR count). The summed E-state index contributed by atoms with van der Waals surface area (Å²) in [5.41, 5.74) is 2.76. The number of nitrogens with zero attached hydrogens (tertiary/aromatic N) is 1. The summed E-state index contributed by atoms with van der Waals surface area (Å²) in [5, 5.41) is 24.3. The topological polar surface area (TPSA) is 84.6 Å². The van der Waals surface area contributed by atoms with E-state index in [1.807, 2.05) is 12.1 Å². The number of benzene rings is 2. The molecule has 1 unspecified atom stereocenters. The highest BCUT2D eigenvalue weighted by atomic mass is 16.6. The molecule has 23 heavy (non-hydrogen) atoms. The molecule has 2 aromatic carbocycles. The SMILES string of the molecule is CCOc1cc(NC2CCc3c(O)cccc32)ccc1[N+](=O)[O-]. The highest BCUT2D eigenvalue weighted by Crippen LogP contribution is 2.39. The molecule has 0 aromatic heterocycles. The fraction of sp³-hybridized carbons (Fsp3) is 0.294. The van der Waals surface area contributed by atoms with Crippen LogP contribution in [0.15, 0.2) is 36.4 Å². The van der Waals surface area contributed by atoms with Gasteiger partial charge in [0.25, 0.3) is 0 Å². The lowest BCUT2D eigenvalue weighted by Crippen LogP contribution is -2.07. The zero-order chi connectivity index (χ0) is 16.4. The predicted octanol–water partition coefficient (Wildman–Crippen LogP) is 3.80. The van der Waals surface area contributed by atoms with E-state index in [9.17, 15) is 15.2 Å². The quantitative estimate of drug-likeness (QED) is 0.647. The maximum atomic E-state index is 11.0. The van der Waals surface area contributed by atoms with Crippen LogP contribution in [-0.2, 0) is 6.42 Å². The van der Waals surface area contributed by atoms with Crippen molar-refractivity contribution in [2.75, 3.05) is 11.9 Å². The highest BCUT2D eigenvalue weighted by molar-refractivity contribution is 5.59.